The highest BCUT2D eigenvalue weighted by molar-refractivity contribution is 5.88. The maximum absolute atomic E-state index is 14.2. The standard InChI is InChI=1S/C36H45N5O7/c1-18-11-24(42)31-25(45-18)16-26-30(32(31)43)22-12-20(17-39-4)7-9-36(34(44)46-33(22)35(2,3)47-26)27(48-36)6-5-19-13-23(41-29(38)14-19)21-8-10-40-28(37)15-21/h8,11,13-16,20,22-23,27,33,39-41,43H,5-7,9-10,12,17,37-38H2,1-4H3. The average Bonchev–Trinajstić information content (AvgIpc) is 3.72. The van der Waals surface area contributed by atoms with Crippen LogP contribution in [0.15, 0.2) is 68.4 Å². The number of hydrogen-bond donors (Lipinski definition) is 6. The van der Waals surface area contributed by atoms with E-state index in [0.717, 1.165) is 11.1 Å². The molecule has 0 aliphatic carbocycles. The van der Waals surface area contributed by atoms with E-state index >= 15 is 0 Å². The van der Waals surface area contributed by atoms with E-state index in [1.807, 2.05) is 33.0 Å². The molecule has 1 aromatic carbocycles. The lowest BCUT2D eigenvalue weighted by Gasteiger charge is -2.45. The van der Waals surface area contributed by atoms with E-state index in [4.69, 9.17) is 30.1 Å². The number of carbonyl (C=O) groups excluding carboxylic acids is 1. The lowest BCUT2D eigenvalue weighted by Crippen LogP contribution is -2.52. The van der Waals surface area contributed by atoms with Crippen molar-refractivity contribution < 1.29 is 28.5 Å². The van der Waals surface area contributed by atoms with Gasteiger partial charge in [-0.05, 0) is 95.7 Å². The number of dihydropyridines is 2. The van der Waals surface area contributed by atoms with Gasteiger partial charge in [-0.25, -0.2) is 4.79 Å². The van der Waals surface area contributed by atoms with Crippen LogP contribution in [0.3, 0.4) is 0 Å². The van der Waals surface area contributed by atoms with E-state index in [2.05, 4.69) is 28.1 Å². The molecule has 2 saturated heterocycles. The molecule has 0 saturated carbocycles. The highest BCUT2D eigenvalue weighted by Crippen LogP contribution is 2.54. The van der Waals surface area contributed by atoms with Crippen LogP contribution in [0.5, 0.6) is 11.5 Å². The molecule has 256 valence electrons. The number of epoxide rings is 1. The smallest absolute Gasteiger partial charge is 0.341 e. The molecule has 48 heavy (non-hydrogen) atoms. The molecule has 6 atom stereocenters. The summed E-state index contributed by atoms with van der Waals surface area (Å²) in [6, 6.07) is 2.94. The number of allylic oxidation sites excluding steroid dienone is 2. The number of esters is 1. The third-order valence-corrected chi connectivity index (χ3v) is 10.4. The summed E-state index contributed by atoms with van der Waals surface area (Å²) >= 11 is 0. The number of nitrogens with two attached hydrogens (primary N) is 2. The molecule has 12 heteroatoms. The molecule has 6 heterocycles. The molecule has 8 N–H and O–H groups in total. The third kappa shape index (κ3) is 5.70. The molecular weight excluding hydrogens is 614 g/mol. The van der Waals surface area contributed by atoms with Gasteiger partial charge in [-0.1, -0.05) is 12.2 Å². The summed E-state index contributed by atoms with van der Waals surface area (Å²) in [5.74, 6) is 1.13. The second-order valence-corrected chi connectivity index (χ2v) is 14.3. The minimum atomic E-state index is -1.07. The number of carbonyl (C=O) groups is 1. The zero-order valence-electron chi connectivity index (χ0n) is 27.9. The lowest BCUT2D eigenvalue weighted by molar-refractivity contribution is -0.170. The van der Waals surface area contributed by atoms with E-state index < -0.39 is 29.2 Å². The van der Waals surface area contributed by atoms with Crippen LogP contribution in [0.4, 0.5) is 0 Å². The Labute approximate surface area is 279 Å². The molecule has 1 spiro atoms. The number of hydrogen-bond acceptors (Lipinski definition) is 12. The zero-order chi connectivity index (χ0) is 34.0. The summed E-state index contributed by atoms with van der Waals surface area (Å²) in [5, 5.41) is 21.4. The SMILES string of the molecule is CNCC1CCC2(OC2CCC2=CC(C3=CCNC(N)=C3)NC(N)=C2)C(=O)OC2C(C1)c1c(cc3oc(C)cc(=O)c3c1O)OC2(C)C. The van der Waals surface area contributed by atoms with Crippen LogP contribution >= 0.6 is 0 Å². The zero-order valence-corrected chi connectivity index (χ0v) is 27.9. The van der Waals surface area contributed by atoms with Crippen LogP contribution < -0.4 is 37.6 Å². The van der Waals surface area contributed by atoms with Crippen LogP contribution in [0, 0.1) is 12.8 Å². The summed E-state index contributed by atoms with van der Waals surface area (Å²) in [4.78, 5) is 27.2. The van der Waals surface area contributed by atoms with Gasteiger partial charge in [-0.3, -0.25) is 4.79 Å². The van der Waals surface area contributed by atoms with Crippen LogP contribution in [-0.2, 0) is 14.3 Å². The minimum absolute atomic E-state index is 0.0971. The van der Waals surface area contributed by atoms with Crippen molar-refractivity contribution in [2.24, 2.45) is 17.4 Å². The first kappa shape index (κ1) is 32.1. The Morgan fingerprint density at radius 3 is 2.73 bits per heavy atom. The number of rotatable bonds is 6. The number of aromatic hydroxyl groups is 1. The van der Waals surface area contributed by atoms with Gasteiger partial charge < -0.3 is 51.2 Å². The van der Waals surface area contributed by atoms with Crippen LogP contribution in [0.1, 0.15) is 63.2 Å². The fraction of sp³-hybridized carbons (Fsp3) is 0.500. The average molecular weight is 660 g/mol. The Morgan fingerprint density at radius 2 is 1.96 bits per heavy atom. The number of phenols is 1. The number of fused-ring (bicyclic) bond motifs is 4. The van der Waals surface area contributed by atoms with Crippen molar-refractivity contribution in [3.8, 4) is 11.5 Å². The normalized spacial score (nSPS) is 30.8. The first-order chi connectivity index (χ1) is 22.9. The third-order valence-electron chi connectivity index (χ3n) is 10.4. The van der Waals surface area contributed by atoms with Crippen molar-refractivity contribution >= 4 is 16.9 Å². The topological polar surface area (TPSA) is 187 Å². The first-order valence-corrected chi connectivity index (χ1v) is 16.8. The minimum Gasteiger partial charge on any atom is -0.507 e. The molecule has 0 radical (unpaired) electrons. The van der Waals surface area contributed by atoms with Crippen LogP contribution in [0.25, 0.3) is 11.0 Å². The van der Waals surface area contributed by atoms with E-state index in [-0.39, 0.29) is 40.2 Å². The van der Waals surface area contributed by atoms with Crippen molar-refractivity contribution in [3.63, 3.8) is 0 Å². The van der Waals surface area contributed by atoms with Crippen molar-refractivity contribution in [1.82, 2.24) is 16.0 Å². The van der Waals surface area contributed by atoms with Crippen molar-refractivity contribution in [2.75, 3.05) is 20.1 Å². The molecule has 1 aromatic heterocycles. The van der Waals surface area contributed by atoms with Gasteiger partial charge in [0.2, 0.25) is 0 Å². The second-order valence-electron chi connectivity index (χ2n) is 14.3. The van der Waals surface area contributed by atoms with Gasteiger partial charge in [0.25, 0.3) is 0 Å². The predicted molar refractivity (Wildman–Crippen MR) is 180 cm³/mol. The fourth-order valence-electron chi connectivity index (χ4n) is 8.05. The van der Waals surface area contributed by atoms with E-state index in [1.54, 1.807) is 13.0 Å². The van der Waals surface area contributed by atoms with Gasteiger partial charge in [0.05, 0.1) is 23.8 Å². The van der Waals surface area contributed by atoms with Crippen LogP contribution in [-0.4, -0.2) is 60.7 Å². The molecule has 0 bridgehead atoms. The Morgan fingerprint density at radius 1 is 1.15 bits per heavy atom. The summed E-state index contributed by atoms with van der Waals surface area (Å²) in [6.45, 7) is 6.80. The molecule has 2 fully saturated rings. The highest BCUT2D eigenvalue weighted by Gasteiger charge is 2.65. The summed E-state index contributed by atoms with van der Waals surface area (Å²) in [6.07, 6.45) is 10.1. The Kier molecular flexibility index (Phi) is 7.98. The highest BCUT2D eigenvalue weighted by atomic mass is 16.7. The van der Waals surface area contributed by atoms with E-state index in [1.165, 1.54) is 6.07 Å². The van der Waals surface area contributed by atoms with Gasteiger partial charge in [0, 0.05) is 30.2 Å². The van der Waals surface area contributed by atoms with Crippen molar-refractivity contribution in [1.29, 1.82) is 0 Å². The number of nitrogens with one attached hydrogen (secondary N) is 3. The maximum atomic E-state index is 14.2. The van der Waals surface area contributed by atoms with Gasteiger partial charge in [0.15, 0.2) is 11.0 Å². The molecular formula is C36H45N5O7. The monoisotopic (exact) mass is 659 g/mol. The molecule has 5 aliphatic heterocycles. The number of phenolic OH excluding ortho intramolecular Hbond substituents is 1. The molecule has 0 amide bonds. The van der Waals surface area contributed by atoms with Gasteiger partial charge in [-0.2, -0.15) is 0 Å². The van der Waals surface area contributed by atoms with Gasteiger partial charge in [-0.15, -0.1) is 0 Å². The fourth-order valence-corrected chi connectivity index (χ4v) is 8.05. The summed E-state index contributed by atoms with van der Waals surface area (Å²) < 4.78 is 25.0. The maximum Gasteiger partial charge on any atom is 0.341 e. The molecule has 7 rings (SSSR count). The van der Waals surface area contributed by atoms with Gasteiger partial charge >= 0.3 is 5.97 Å². The number of ether oxygens (including phenoxy) is 3. The predicted octanol–water partition coefficient (Wildman–Crippen LogP) is 2.94. The number of benzene rings is 1. The lowest BCUT2D eigenvalue weighted by atomic mass is 9.75. The van der Waals surface area contributed by atoms with Crippen molar-refractivity contribution in [3.05, 3.63) is 80.8 Å². The van der Waals surface area contributed by atoms with E-state index in [9.17, 15) is 14.7 Å². The summed E-state index contributed by atoms with van der Waals surface area (Å²) in [5.41, 5.74) is 12.7. The molecule has 2 aromatic rings. The van der Waals surface area contributed by atoms with Gasteiger partial charge in [0.1, 0.15) is 39.9 Å². The Hall–Kier alpha value is -4.42. The largest absolute Gasteiger partial charge is 0.507 e. The first-order valence-electron chi connectivity index (χ1n) is 16.8. The van der Waals surface area contributed by atoms with Crippen molar-refractivity contribution in [2.45, 2.75) is 88.2 Å². The van der Waals surface area contributed by atoms with E-state index in [0.29, 0.717) is 73.9 Å². The summed E-state index contributed by atoms with van der Waals surface area (Å²) in [7, 11) is 1.90. The quantitative estimate of drug-likeness (QED) is 0.197. The van der Waals surface area contributed by atoms with Crippen LogP contribution in [0.2, 0.25) is 0 Å². The molecule has 5 aliphatic rings. The Balaban J connectivity index is 1.16. The molecule has 12 nitrogen and oxygen atoms in total. The number of aryl methyl sites for hydroxylation is 1. The second kappa shape index (κ2) is 11.9. The molecule has 6 unspecified atom stereocenters. The Bertz CT molecular complexity index is 1840.